The lowest BCUT2D eigenvalue weighted by molar-refractivity contribution is -0.126. The van der Waals surface area contributed by atoms with Crippen molar-refractivity contribution in [1.29, 1.82) is 0 Å². The van der Waals surface area contributed by atoms with Gasteiger partial charge in [0.15, 0.2) is 0 Å². The number of nitrogens with zero attached hydrogens (tertiary/aromatic N) is 5. The van der Waals surface area contributed by atoms with Crippen LogP contribution in [0.5, 0.6) is 0 Å². The monoisotopic (exact) mass is 403 g/mol. The molecule has 1 aliphatic rings. The van der Waals surface area contributed by atoms with Crippen LogP contribution in [0, 0.1) is 0 Å². The first kappa shape index (κ1) is 19.8. The van der Waals surface area contributed by atoms with Gasteiger partial charge >= 0.3 is 0 Å². The maximum atomic E-state index is 12.4. The number of carbonyl (C=O) groups excluding carboxylic acids is 1. The predicted molar refractivity (Wildman–Crippen MR) is 116 cm³/mol. The molecule has 154 valence electrons. The molecule has 1 saturated heterocycles. The molecule has 0 saturated carbocycles. The number of piperazine rings is 1. The zero-order valence-corrected chi connectivity index (χ0v) is 17.2. The van der Waals surface area contributed by atoms with E-state index in [1.54, 1.807) is 12.3 Å². The van der Waals surface area contributed by atoms with Gasteiger partial charge in [0.05, 0.1) is 0 Å². The minimum atomic E-state index is 0.0415. The summed E-state index contributed by atoms with van der Waals surface area (Å²) in [6, 6.07) is 13.8. The lowest BCUT2D eigenvalue weighted by Gasteiger charge is -2.35. The molecule has 0 N–H and O–H groups in total. The number of carbonyl (C=O) groups is 1. The van der Waals surface area contributed by atoms with Gasteiger partial charge in [-0.1, -0.05) is 49.3 Å². The van der Waals surface area contributed by atoms with Crippen molar-refractivity contribution in [1.82, 2.24) is 20.0 Å². The van der Waals surface area contributed by atoms with Gasteiger partial charge in [-0.3, -0.25) is 4.79 Å². The lowest BCUT2D eigenvalue weighted by atomic mass is 10.2. The fourth-order valence-corrected chi connectivity index (χ4v) is 3.29. The van der Waals surface area contributed by atoms with Crippen molar-refractivity contribution in [3.63, 3.8) is 0 Å². The topological polar surface area (TPSA) is 75.4 Å². The lowest BCUT2D eigenvalue weighted by Crippen LogP contribution is -2.48. The van der Waals surface area contributed by atoms with Crippen LogP contribution in [-0.2, 0) is 4.79 Å². The van der Waals surface area contributed by atoms with Gasteiger partial charge in [-0.05, 0) is 23.8 Å². The molecule has 7 heteroatoms. The summed E-state index contributed by atoms with van der Waals surface area (Å²) >= 11 is 0. The number of rotatable bonds is 5. The van der Waals surface area contributed by atoms with Gasteiger partial charge in [0.1, 0.15) is 5.82 Å². The molecule has 0 atom stereocenters. The molecule has 30 heavy (non-hydrogen) atoms. The van der Waals surface area contributed by atoms with Gasteiger partial charge < -0.3 is 14.3 Å². The van der Waals surface area contributed by atoms with Crippen LogP contribution in [-0.4, -0.2) is 52.1 Å². The van der Waals surface area contributed by atoms with Crippen LogP contribution in [0.3, 0.4) is 0 Å². The SMILES string of the molecule is CC(C)c1nc(-c2ccc(N3CCN(C(=O)/C=C\c4ccccc4)CC3)nc2)no1. The minimum Gasteiger partial charge on any atom is -0.353 e. The number of amides is 1. The van der Waals surface area contributed by atoms with Crippen LogP contribution >= 0.6 is 0 Å². The molecule has 3 heterocycles. The Bertz CT molecular complexity index is 1000. The largest absolute Gasteiger partial charge is 0.353 e. The van der Waals surface area contributed by atoms with Crippen molar-refractivity contribution < 1.29 is 9.32 Å². The van der Waals surface area contributed by atoms with Crippen LogP contribution in [0.25, 0.3) is 17.5 Å². The first-order valence-electron chi connectivity index (χ1n) is 10.2. The molecule has 1 aromatic carbocycles. The van der Waals surface area contributed by atoms with Gasteiger partial charge in [-0.15, -0.1) is 0 Å². The Kier molecular flexibility index (Phi) is 5.88. The highest BCUT2D eigenvalue weighted by atomic mass is 16.5. The molecule has 0 unspecified atom stereocenters. The Morgan fingerprint density at radius 3 is 2.47 bits per heavy atom. The van der Waals surface area contributed by atoms with E-state index in [9.17, 15) is 4.79 Å². The van der Waals surface area contributed by atoms with E-state index in [0.29, 0.717) is 24.8 Å². The Balaban J connectivity index is 1.33. The summed E-state index contributed by atoms with van der Waals surface area (Å²) in [5.41, 5.74) is 1.85. The molecule has 7 nitrogen and oxygen atoms in total. The van der Waals surface area contributed by atoms with Crippen molar-refractivity contribution in [2.24, 2.45) is 0 Å². The zero-order valence-electron chi connectivity index (χ0n) is 17.2. The fraction of sp³-hybridized carbons (Fsp3) is 0.304. The molecule has 0 radical (unpaired) electrons. The maximum absolute atomic E-state index is 12.4. The molecule has 4 rings (SSSR count). The van der Waals surface area contributed by atoms with E-state index in [4.69, 9.17) is 4.52 Å². The summed E-state index contributed by atoms with van der Waals surface area (Å²) in [7, 11) is 0. The second-order valence-electron chi connectivity index (χ2n) is 7.57. The van der Waals surface area contributed by atoms with Crippen LogP contribution in [0.15, 0.2) is 59.3 Å². The number of hydrogen-bond donors (Lipinski definition) is 0. The first-order chi connectivity index (χ1) is 14.6. The normalized spacial score (nSPS) is 14.6. The van der Waals surface area contributed by atoms with E-state index in [1.807, 2.05) is 67.3 Å². The van der Waals surface area contributed by atoms with E-state index < -0.39 is 0 Å². The molecule has 1 aliphatic heterocycles. The predicted octanol–water partition coefficient (Wildman–Crippen LogP) is 3.62. The van der Waals surface area contributed by atoms with Crippen LogP contribution < -0.4 is 4.90 Å². The second-order valence-corrected chi connectivity index (χ2v) is 7.57. The highest BCUT2D eigenvalue weighted by Gasteiger charge is 2.21. The minimum absolute atomic E-state index is 0.0415. The third-order valence-electron chi connectivity index (χ3n) is 5.07. The molecule has 0 bridgehead atoms. The number of benzene rings is 1. The summed E-state index contributed by atoms with van der Waals surface area (Å²) < 4.78 is 5.27. The molecule has 1 fully saturated rings. The van der Waals surface area contributed by atoms with Gasteiger partial charge in [0.2, 0.25) is 17.6 Å². The van der Waals surface area contributed by atoms with E-state index in [2.05, 4.69) is 20.0 Å². The average Bonchev–Trinajstić information content (AvgIpc) is 3.29. The second kappa shape index (κ2) is 8.90. The summed E-state index contributed by atoms with van der Waals surface area (Å²) in [5.74, 6) is 2.30. The zero-order chi connectivity index (χ0) is 20.9. The Morgan fingerprint density at radius 2 is 1.83 bits per heavy atom. The number of anilines is 1. The molecule has 1 amide bonds. The maximum Gasteiger partial charge on any atom is 0.246 e. The third-order valence-corrected chi connectivity index (χ3v) is 5.07. The number of hydrogen-bond acceptors (Lipinski definition) is 6. The Hall–Kier alpha value is -3.48. The highest BCUT2D eigenvalue weighted by molar-refractivity contribution is 5.91. The number of pyridine rings is 1. The van der Waals surface area contributed by atoms with Crippen molar-refractivity contribution in [3.05, 3.63) is 66.2 Å². The molecule has 0 spiro atoms. The summed E-state index contributed by atoms with van der Waals surface area (Å²) in [6.07, 6.45) is 5.27. The molecular formula is C23H25N5O2. The van der Waals surface area contributed by atoms with Gasteiger partial charge in [-0.2, -0.15) is 4.98 Å². The van der Waals surface area contributed by atoms with Gasteiger partial charge in [0, 0.05) is 49.9 Å². The summed E-state index contributed by atoms with van der Waals surface area (Å²) in [6.45, 7) is 6.86. The van der Waals surface area contributed by atoms with Crippen molar-refractivity contribution in [2.45, 2.75) is 19.8 Å². The summed E-state index contributed by atoms with van der Waals surface area (Å²) in [5, 5.41) is 4.03. The molecular weight excluding hydrogens is 378 g/mol. The fourth-order valence-electron chi connectivity index (χ4n) is 3.29. The smallest absolute Gasteiger partial charge is 0.246 e. The Morgan fingerprint density at radius 1 is 1.07 bits per heavy atom. The first-order valence-corrected chi connectivity index (χ1v) is 10.2. The number of aromatic nitrogens is 3. The third kappa shape index (κ3) is 4.56. The Labute approximate surface area is 176 Å². The van der Waals surface area contributed by atoms with E-state index >= 15 is 0 Å². The van der Waals surface area contributed by atoms with Crippen molar-refractivity contribution in [3.8, 4) is 11.4 Å². The van der Waals surface area contributed by atoms with Crippen molar-refractivity contribution in [2.75, 3.05) is 31.1 Å². The van der Waals surface area contributed by atoms with E-state index in [1.165, 1.54) is 0 Å². The summed E-state index contributed by atoms with van der Waals surface area (Å²) in [4.78, 5) is 25.5. The van der Waals surface area contributed by atoms with Crippen LogP contribution in [0.1, 0.15) is 31.2 Å². The van der Waals surface area contributed by atoms with E-state index in [-0.39, 0.29) is 11.8 Å². The molecule has 3 aromatic rings. The van der Waals surface area contributed by atoms with Crippen LogP contribution in [0.2, 0.25) is 0 Å². The molecule has 2 aromatic heterocycles. The molecule has 0 aliphatic carbocycles. The van der Waals surface area contributed by atoms with E-state index in [0.717, 1.165) is 30.0 Å². The quantitative estimate of drug-likeness (QED) is 0.606. The van der Waals surface area contributed by atoms with Crippen molar-refractivity contribution >= 4 is 17.8 Å². The van der Waals surface area contributed by atoms with Gasteiger partial charge in [0.25, 0.3) is 0 Å². The standard InChI is InChI=1S/C23H25N5O2/c1-17(2)23-25-22(26-30-23)19-9-10-20(24-16-19)27-12-14-28(15-13-27)21(29)11-8-18-6-4-3-5-7-18/h3-11,16-17H,12-15H2,1-2H3/b11-8-. The highest BCUT2D eigenvalue weighted by Crippen LogP contribution is 2.21. The van der Waals surface area contributed by atoms with Crippen LogP contribution in [0.4, 0.5) is 5.82 Å². The average molecular weight is 403 g/mol. The van der Waals surface area contributed by atoms with Gasteiger partial charge in [-0.25, -0.2) is 4.98 Å².